The van der Waals surface area contributed by atoms with Crippen LogP contribution in [-0.4, -0.2) is 43.0 Å². The number of fused-ring (bicyclic) bond motifs is 1. The van der Waals surface area contributed by atoms with E-state index in [1.807, 2.05) is 54.4 Å². The molecule has 26 heavy (non-hydrogen) atoms. The molecule has 0 radical (unpaired) electrons. The number of amides is 1. The van der Waals surface area contributed by atoms with Crippen molar-refractivity contribution in [2.45, 2.75) is 13.0 Å². The van der Waals surface area contributed by atoms with Crippen LogP contribution in [0.4, 0.5) is 0 Å². The van der Waals surface area contributed by atoms with Crippen LogP contribution in [-0.2, 0) is 17.8 Å². The highest BCUT2D eigenvalue weighted by molar-refractivity contribution is 7.18. The van der Waals surface area contributed by atoms with Crippen LogP contribution in [0.2, 0.25) is 0 Å². The van der Waals surface area contributed by atoms with Gasteiger partial charge in [0.2, 0.25) is 5.91 Å². The van der Waals surface area contributed by atoms with Crippen molar-refractivity contribution in [1.29, 1.82) is 0 Å². The van der Waals surface area contributed by atoms with Crippen LogP contribution in [0.5, 0.6) is 5.75 Å². The summed E-state index contributed by atoms with van der Waals surface area (Å²) >= 11 is 1.67. The molecule has 0 unspecified atom stereocenters. The second kappa shape index (κ2) is 8.78. The first-order valence-corrected chi connectivity index (χ1v) is 9.39. The van der Waals surface area contributed by atoms with Gasteiger partial charge in [-0.3, -0.25) is 9.69 Å². The lowest BCUT2D eigenvalue weighted by Crippen LogP contribution is -2.35. The van der Waals surface area contributed by atoms with Crippen molar-refractivity contribution in [3.05, 3.63) is 59.1 Å². The molecular formula is C20H23N3O2S. The summed E-state index contributed by atoms with van der Waals surface area (Å²) in [5.74, 6) is 0.873. The summed E-state index contributed by atoms with van der Waals surface area (Å²) in [6.45, 7) is 1.61. The molecule has 6 heteroatoms. The first-order chi connectivity index (χ1) is 12.7. The van der Waals surface area contributed by atoms with E-state index in [2.05, 4.69) is 16.4 Å². The number of hydrogen-bond acceptors (Lipinski definition) is 5. The van der Waals surface area contributed by atoms with Crippen LogP contribution in [0.15, 0.2) is 48.5 Å². The van der Waals surface area contributed by atoms with Gasteiger partial charge >= 0.3 is 0 Å². The van der Waals surface area contributed by atoms with Gasteiger partial charge in [0.25, 0.3) is 0 Å². The largest absolute Gasteiger partial charge is 0.496 e. The average Bonchev–Trinajstić information content (AvgIpc) is 3.04. The zero-order valence-corrected chi connectivity index (χ0v) is 15.9. The molecule has 5 nitrogen and oxygen atoms in total. The fourth-order valence-corrected chi connectivity index (χ4v) is 3.87. The first kappa shape index (κ1) is 18.4. The second-order valence-corrected chi connectivity index (χ2v) is 7.27. The highest BCUT2D eigenvalue weighted by atomic mass is 32.1. The van der Waals surface area contributed by atoms with Gasteiger partial charge in [-0.2, -0.15) is 0 Å². The molecule has 2 aromatic carbocycles. The number of aromatic nitrogens is 1. The Morgan fingerprint density at radius 1 is 1.19 bits per heavy atom. The van der Waals surface area contributed by atoms with Gasteiger partial charge in [0.05, 0.1) is 30.4 Å². The molecule has 1 amide bonds. The third kappa shape index (κ3) is 4.80. The van der Waals surface area contributed by atoms with E-state index in [0.717, 1.165) is 28.3 Å². The maximum Gasteiger partial charge on any atom is 0.234 e. The Kier molecular flexibility index (Phi) is 6.20. The zero-order chi connectivity index (χ0) is 18.4. The van der Waals surface area contributed by atoms with Crippen molar-refractivity contribution in [2.75, 3.05) is 27.2 Å². The number of benzene rings is 2. The standard InChI is InChI=1S/C20H23N3O2S/c1-23(14-20-22-16-8-4-6-10-18(16)26-20)13-19(24)21-12-11-15-7-3-5-9-17(15)25-2/h3-10H,11-14H2,1-2H3,(H,21,24). The first-order valence-electron chi connectivity index (χ1n) is 8.57. The van der Waals surface area contributed by atoms with Crippen LogP contribution in [0, 0.1) is 0 Å². The zero-order valence-electron chi connectivity index (χ0n) is 15.1. The van der Waals surface area contributed by atoms with Crippen molar-refractivity contribution in [1.82, 2.24) is 15.2 Å². The Bertz CT molecular complexity index is 845. The van der Waals surface area contributed by atoms with Crippen LogP contribution in [0.3, 0.4) is 0 Å². The maximum atomic E-state index is 12.2. The molecule has 0 aliphatic carbocycles. The molecule has 0 atom stereocenters. The molecule has 1 aromatic heterocycles. The van der Waals surface area contributed by atoms with Gasteiger partial charge in [-0.05, 0) is 37.2 Å². The summed E-state index contributed by atoms with van der Waals surface area (Å²) in [4.78, 5) is 18.8. The van der Waals surface area contributed by atoms with E-state index in [-0.39, 0.29) is 5.91 Å². The monoisotopic (exact) mass is 369 g/mol. The third-order valence-corrected chi connectivity index (χ3v) is 5.09. The molecular weight excluding hydrogens is 346 g/mol. The Balaban J connectivity index is 1.45. The van der Waals surface area contributed by atoms with Crippen molar-refractivity contribution < 1.29 is 9.53 Å². The van der Waals surface area contributed by atoms with Gasteiger partial charge in [0.1, 0.15) is 10.8 Å². The van der Waals surface area contributed by atoms with Gasteiger partial charge in [0, 0.05) is 6.54 Å². The number of para-hydroxylation sites is 2. The van der Waals surface area contributed by atoms with E-state index < -0.39 is 0 Å². The molecule has 1 heterocycles. The van der Waals surface area contributed by atoms with Crippen LogP contribution in [0.1, 0.15) is 10.6 Å². The number of rotatable bonds is 8. The normalized spacial score (nSPS) is 11.0. The van der Waals surface area contributed by atoms with Gasteiger partial charge in [-0.15, -0.1) is 11.3 Å². The minimum atomic E-state index is 0.0171. The third-order valence-electron chi connectivity index (χ3n) is 4.07. The average molecular weight is 369 g/mol. The predicted molar refractivity (Wildman–Crippen MR) is 106 cm³/mol. The highest BCUT2D eigenvalue weighted by Crippen LogP contribution is 2.22. The summed E-state index contributed by atoms with van der Waals surface area (Å²) in [6, 6.07) is 16.0. The van der Waals surface area contributed by atoms with Gasteiger partial charge < -0.3 is 10.1 Å². The van der Waals surface area contributed by atoms with E-state index in [1.54, 1.807) is 18.4 Å². The van der Waals surface area contributed by atoms with E-state index in [4.69, 9.17) is 4.74 Å². The summed E-state index contributed by atoms with van der Waals surface area (Å²) in [5, 5.41) is 4.00. The molecule has 0 saturated heterocycles. The number of nitrogens with zero attached hydrogens (tertiary/aromatic N) is 2. The Morgan fingerprint density at radius 2 is 1.96 bits per heavy atom. The molecule has 136 valence electrons. The lowest BCUT2D eigenvalue weighted by molar-refractivity contribution is -0.122. The smallest absolute Gasteiger partial charge is 0.234 e. The minimum absolute atomic E-state index is 0.0171. The van der Waals surface area contributed by atoms with Crippen LogP contribution < -0.4 is 10.1 Å². The lowest BCUT2D eigenvalue weighted by Gasteiger charge is -2.15. The number of methoxy groups -OCH3 is 1. The number of carbonyl (C=O) groups excluding carboxylic acids is 1. The van der Waals surface area contributed by atoms with Crippen LogP contribution >= 0.6 is 11.3 Å². The van der Waals surface area contributed by atoms with Crippen molar-refractivity contribution >= 4 is 27.5 Å². The second-order valence-electron chi connectivity index (χ2n) is 6.16. The highest BCUT2D eigenvalue weighted by Gasteiger charge is 2.10. The molecule has 0 fully saturated rings. The van der Waals surface area contributed by atoms with Gasteiger partial charge in [-0.25, -0.2) is 4.98 Å². The fourth-order valence-electron chi connectivity index (χ4n) is 2.82. The lowest BCUT2D eigenvalue weighted by atomic mass is 10.1. The predicted octanol–water partition coefficient (Wildman–Crippen LogP) is 3.10. The minimum Gasteiger partial charge on any atom is -0.496 e. The Morgan fingerprint density at radius 3 is 2.77 bits per heavy atom. The number of carbonyl (C=O) groups is 1. The quantitative estimate of drug-likeness (QED) is 0.663. The molecule has 1 N–H and O–H groups in total. The number of nitrogens with one attached hydrogen (secondary N) is 1. The van der Waals surface area contributed by atoms with E-state index in [1.165, 1.54) is 4.70 Å². The molecule has 0 spiro atoms. The van der Waals surface area contributed by atoms with Crippen molar-refractivity contribution in [3.63, 3.8) is 0 Å². The van der Waals surface area contributed by atoms with Crippen molar-refractivity contribution in [2.24, 2.45) is 0 Å². The van der Waals surface area contributed by atoms with E-state index in [9.17, 15) is 4.79 Å². The van der Waals surface area contributed by atoms with Gasteiger partial charge in [0.15, 0.2) is 0 Å². The number of likely N-dealkylation sites (N-methyl/N-ethyl adjacent to an activating group) is 1. The van der Waals surface area contributed by atoms with E-state index >= 15 is 0 Å². The maximum absolute atomic E-state index is 12.2. The number of ether oxygens (including phenoxy) is 1. The SMILES string of the molecule is COc1ccccc1CCNC(=O)CN(C)Cc1nc2ccccc2s1. The topological polar surface area (TPSA) is 54.5 Å². The molecule has 0 bridgehead atoms. The summed E-state index contributed by atoms with van der Waals surface area (Å²) in [5.41, 5.74) is 2.11. The van der Waals surface area contributed by atoms with Crippen molar-refractivity contribution in [3.8, 4) is 5.75 Å². The summed E-state index contributed by atoms with van der Waals surface area (Å²) in [7, 11) is 3.60. The summed E-state index contributed by atoms with van der Waals surface area (Å²) in [6.07, 6.45) is 0.747. The summed E-state index contributed by atoms with van der Waals surface area (Å²) < 4.78 is 6.51. The molecule has 3 rings (SSSR count). The number of hydrogen-bond donors (Lipinski definition) is 1. The van der Waals surface area contributed by atoms with Gasteiger partial charge in [-0.1, -0.05) is 30.3 Å². The molecule has 3 aromatic rings. The molecule has 0 aliphatic rings. The number of thiazole rings is 1. The molecule has 0 saturated carbocycles. The Hall–Kier alpha value is -2.44. The van der Waals surface area contributed by atoms with E-state index in [0.29, 0.717) is 19.6 Å². The molecule has 0 aliphatic heterocycles. The Labute approximate surface area is 157 Å². The fraction of sp³-hybridized carbons (Fsp3) is 0.300. The van der Waals surface area contributed by atoms with Crippen LogP contribution in [0.25, 0.3) is 10.2 Å².